The van der Waals surface area contributed by atoms with E-state index in [9.17, 15) is 0 Å². The first-order chi connectivity index (χ1) is 7.64. The van der Waals surface area contributed by atoms with E-state index in [0.29, 0.717) is 6.04 Å². The lowest BCUT2D eigenvalue weighted by Crippen LogP contribution is -2.40. The zero-order chi connectivity index (χ0) is 11.6. The highest BCUT2D eigenvalue weighted by atomic mass is 15.0. The quantitative estimate of drug-likeness (QED) is 0.815. The van der Waals surface area contributed by atoms with Crippen LogP contribution in [0.15, 0.2) is 30.8 Å². The fraction of sp³-hybridized carbons (Fsp3) is 0.467. The van der Waals surface area contributed by atoms with Crippen molar-refractivity contribution in [3.8, 4) is 0 Å². The number of nitrogens with one attached hydrogen (secondary N) is 1. The lowest BCUT2D eigenvalue weighted by molar-refractivity contribution is 0.377. The summed E-state index contributed by atoms with van der Waals surface area (Å²) in [5.41, 5.74) is 2.82. The van der Waals surface area contributed by atoms with Crippen LogP contribution in [0, 0.1) is 0 Å². The minimum Gasteiger partial charge on any atom is -0.313 e. The van der Waals surface area contributed by atoms with Crippen molar-refractivity contribution < 1.29 is 0 Å². The molecule has 0 amide bonds. The average Bonchev–Trinajstić information content (AvgIpc) is 2.83. The molecule has 0 saturated carbocycles. The third kappa shape index (κ3) is 2.05. The van der Waals surface area contributed by atoms with Crippen molar-refractivity contribution in [2.24, 2.45) is 0 Å². The Bertz CT molecular complexity index is 373. The molecule has 1 fully saturated rings. The molecule has 1 aromatic rings. The minimum atomic E-state index is 0.204. The summed E-state index contributed by atoms with van der Waals surface area (Å²) < 4.78 is 0. The fourth-order valence-corrected chi connectivity index (χ4v) is 2.57. The van der Waals surface area contributed by atoms with Gasteiger partial charge in [-0.15, -0.1) is 0 Å². The second-order valence-electron chi connectivity index (χ2n) is 5.20. The fourth-order valence-electron chi connectivity index (χ4n) is 2.57. The van der Waals surface area contributed by atoms with Crippen LogP contribution in [-0.4, -0.2) is 12.6 Å². The number of rotatable bonds is 3. The molecule has 1 atom stereocenters. The van der Waals surface area contributed by atoms with Crippen LogP contribution in [0.3, 0.4) is 0 Å². The Hall–Kier alpha value is -1.08. The molecule has 16 heavy (non-hydrogen) atoms. The molecule has 1 nitrogen and oxygen atoms in total. The molecule has 0 radical (unpaired) electrons. The van der Waals surface area contributed by atoms with Gasteiger partial charge in [0.15, 0.2) is 0 Å². The molecule has 0 bridgehead atoms. The molecular weight excluding hydrogens is 194 g/mol. The lowest BCUT2D eigenvalue weighted by atomic mass is 9.77. The Morgan fingerprint density at radius 3 is 2.88 bits per heavy atom. The van der Waals surface area contributed by atoms with Gasteiger partial charge in [0.2, 0.25) is 0 Å². The predicted octanol–water partition coefficient (Wildman–Crippen LogP) is 3.36. The van der Waals surface area contributed by atoms with E-state index in [-0.39, 0.29) is 5.41 Å². The Kier molecular flexibility index (Phi) is 3.15. The first kappa shape index (κ1) is 11.4. The van der Waals surface area contributed by atoms with Crippen molar-refractivity contribution in [1.29, 1.82) is 0 Å². The summed E-state index contributed by atoms with van der Waals surface area (Å²) >= 11 is 0. The molecule has 0 aromatic heterocycles. The normalized spacial score (nSPS) is 21.0. The maximum Gasteiger partial charge on any atom is 0.0159 e. The summed E-state index contributed by atoms with van der Waals surface area (Å²) in [5, 5.41) is 3.61. The molecule has 86 valence electrons. The van der Waals surface area contributed by atoms with Crippen LogP contribution in [0.2, 0.25) is 0 Å². The second-order valence-corrected chi connectivity index (χ2v) is 5.20. The lowest BCUT2D eigenvalue weighted by Gasteiger charge is -2.32. The number of hydrogen-bond acceptors (Lipinski definition) is 1. The second kappa shape index (κ2) is 4.42. The Morgan fingerprint density at radius 1 is 1.44 bits per heavy atom. The van der Waals surface area contributed by atoms with Gasteiger partial charge in [0.05, 0.1) is 0 Å². The van der Waals surface area contributed by atoms with Gasteiger partial charge in [-0.05, 0) is 30.5 Å². The highest BCUT2D eigenvalue weighted by Gasteiger charge is 2.32. The van der Waals surface area contributed by atoms with E-state index in [1.54, 1.807) is 0 Å². The maximum atomic E-state index is 3.84. The summed E-state index contributed by atoms with van der Waals surface area (Å²) in [6.07, 6.45) is 4.50. The van der Waals surface area contributed by atoms with E-state index < -0.39 is 0 Å². The van der Waals surface area contributed by atoms with Gasteiger partial charge < -0.3 is 5.32 Å². The molecular formula is C15H21N. The van der Waals surface area contributed by atoms with Crippen LogP contribution < -0.4 is 5.32 Å². The summed E-state index contributed by atoms with van der Waals surface area (Å²) in [6.45, 7) is 9.66. The van der Waals surface area contributed by atoms with Crippen molar-refractivity contribution in [3.05, 3.63) is 42.0 Å². The topological polar surface area (TPSA) is 12.0 Å². The van der Waals surface area contributed by atoms with Crippen LogP contribution in [0.1, 0.15) is 37.8 Å². The van der Waals surface area contributed by atoms with Crippen LogP contribution in [-0.2, 0) is 5.41 Å². The zero-order valence-corrected chi connectivity index (χ0v) is 10.3. The van der Waals surface area contributed by atoms with E-state index in [1.807, 2.05) is 6.08 Å². The van der Waals surface area contributed by atoms with E-state index in [2.05, 4.69) is 50.0 Å². The predicted molar refractivity (Wildman–Crippen MR) is 70.6 cm³/mol. The van der Waals surface area contributed by atoms with Crippen molar-refractivity contribution in [3.63, 3.8) is 0 Å². The van der Waals surface area contributed by atoms with Gasteiger partial charge >= 0.3 is 0 Å². The van der Waals surface area contributed by atoms with Gasteiger partial charge in [-0.2, -0.15) is 0 Å². The van der Waals surface area contributed by atoms with Gasteiger partial charge in [-0.25, -0.2) is 0 Å². The largest absolute Gasteiger partial charge is 0.313 e. The van der Waals surface area contributed by atoms with Gasteiger partial charge in [0.25, 0.3) is 0 Å². The highest BCUT2D eigenvalue weighted by Crippen LogP contribution is 2.32. The summed E-state index contributed by atoms with van der Waals surface area (Å²) in [7, 11) is 0. The monoisotopic (exact) mass is 215 g/mol. The van der Waals surface area contributed by atoms with E-state index in [4.69, 9.17) is 0 Å². The molecule has 2 rings (SSSR count). The molecule has 0 aliphatic carbocycles. The molecule has 1 aromatic carbocycles. The SMILES string of the molecule is C=Cc1cccc(C(C)(C)C2CCCN2)c1. The molecule has 0 spiro atoms. The van der Waals surface area contributed by atoms with Crippen molar-refractivity contribution >= 4 is 6.08 Å². The Morgan fingerprint density at radius 2 is 2.25 bits per heavy atom. The summed E-state index contributed by atoms with van der Waals surface area (Å²) in [4.78, 5) is 0. The smallest absolute Gasteiger partial charge is 0.0159 e. The van der Waals surface area contributed by atoms with Crippen molar-refractivity contribution in [1.82, 2.24) is 5.32 Å². The van der Waals surface area contributed by atoms with Gasteiger partial charge in [0, 0.05) is 11.5 Å². The molecule has 1 heteroatoms. The highest BCUT2D eigenvalue weighted by molar-refractivity contribution is 5.49. The van der Waals surface area contributed by atoms with Gasteiger partial charge in [-0.3, -0.25) is 0 Å². The maximum absolute atomic E-state index is 3.84. The minimum absolute atomic E-state index is 0.204. The van der Waals surface area contributed by atoms with Crippen LogP contribution >= 0.6 is 0 Å². The summed E-state index contributed by atoms with van der Waals surface area (Å²) in [5.74, 6) is 0. The first-order valence-electron chi connectivity index (χ1n) is 6.11. The van der Waals surface area contributed by atoms with Crippen molar-refractivity contribution in [2.75, 3.05) is 6.54 Å². The molecule has 1 aliphatic rings. The van der Waals surface area contributed by atoms with Crippen LogP contribution in [0.4, 0.5) is 0 Å². The molecule has 1 unspecified atom stereocenters. The van der Waals surface area contributed by atoms with Crippen molar-refractivity contribution in [2.45, 2.75) is 38.1 Å². The third-order valence-electron chi connectivity index (χ3n) is 3.80. The van der Waals surface area contributed by atoms with E-state index in [0.717, 1.165) is 6.54 Å². The van der Waals surface area contributed by atoms with Gasteiger partial charge in [-0.1, -0.05) is 50.8 Å². The molecule has 1 saturated heterocycles. The van der Waals surface area contributed by atoms with E-state index >= 15 is 0 Å². The first-order valence-corrected chi connectivity index (χ1v) is 6.11. The summed E-state index contributed by atoms with van der Waals surface area (Å²) in [6, 6.07) is 9.32. The van der Waals surface area contributed by atoms with Crippen LogP contribution in [0.5, 0.6) is 0 Å². The Labute approximate surface area is 98.6 Å². The number of benzene rings is 1. The van der Waals surface area contributed by atoms with E-state index in [1.165, 1.54) is 24.0 Å². The average molecular weight is 215 g/mol. The third-order valence-corrected chi connectivity index (χ3v) is 3.80. The molecule has 1 N–H and O–H groups in total. The molecule has 1 heterocycles. The van der Waals surface area contributed by atoms with Crippen LogP contribution in [0.25, 0.3) is 6.08 Å². The zero-order valence-electron chi connectivity index (χ0n) is 10.3. The van der Waals surface area contributed by atoms with Gasteiger partial charge in [0.1, 0.15) is 0 Å². The standard InChI is InChI=1S/C15H21N/c1-4-12-7-5-8-13(11-12)15(2,3)14-9-6-10-16-14/h4-5,7-8,11,14,16H,1,6,9-10H2,2-3H3. The number of hydrogen-bond donors (Lipinski definition) is 1. The molecule has 1 aliphatic heterocycles. The Balaban J connectivity index is 2.29.